The Morgan fingerprint density at radius 1 is 1.19 bits per heavy atom. The number of aliphatic carboxylic acids is 1. The van der Waals surface area contributed by atoms with Gasteiger partial charge in [-0.1, -0.05) is 45.4 Å². The van der Waals surface area contributed by atoms with Crippen LogP contribution in [0.2, 0.25) is 0 Å². The number of aromatic nitrogens is 4. The SMILES string of the molecule is CCCCCCCCCc1nnnn1C1(C(=O)O)CCC1. The Morgan fingerprint density at radius 3 is 2.43 bits per heavy atom. The molecule has 0 unspecified atom stereocenters. The zero-order valence-corrected chi connectivity index (χ0v) is 12.9. The lowest BCUT2D eigenvalue weighted by atomic mass is 9.77. The maximum Gasteiger partial charge on any atom is 0.331 e. The van der Waals surface area contributed by atoms with E-state index in [2.05, 4.69) is 22.4 Å². The number of rotatable bonds is 10. The average molecular weight is 294 g/mol. The van der Waals surface area contributed by atoms with Crippen LogP contribution in [0.3, 0.4) is 0 Å². The zero-order chi connectivity index (χ0) is 15.1. The summed E-state index contributed by atoms with van der Waals surface area (Å²) in [6.07, 6.45) is 11.6. The highest BCUT2D eigenvalue weighted by Crippen LogP contribution is 2.39. The zero-order valence-electron chi connectivity index (χ0n) is 12.9. The first-order chi connectivity index (χ1) is 10.2. The van der Waals surface area contributed by atoms with E-state index >= 15 is 0 Å². The van der Waals surface area contributed by atoms with E-state index < -0.39 is 11.5 Å². The minimum Gasteiger partial charge on any atom is -0.479 e. The number of unbranched alkanes of at least 4 members (excludes halogenated alkanes) is 6. The molecule has 1 N–H and O–H groups in total. The van der Waals surface area contributed by atoms with Gasteiger partial charge in [0.05, 0.1) is 0 Å². The van der Waals surface area contributed by atoms with Gasteiger partial charge in [0, 0.05) is 6.42 Å². The third kappa shape index (κ3) is 3.60. The molecule has 6 nitrogen and oxygen atoms in total. The fourth-order valence-electron chi connectivity index (χ4n) is 2.96. The van der Waals surface area contributed by atoms with Crippen LogP contribution in [-0.2, 0) is 16.8 Å². The molecule has 0 atom stereocenters. The number of hydrogen-bond acceptors (Lipinski definition) is 4. The summed E-state index contributed by atoms with van der Waals surface area (Å²) in [6, 6.07) is 0. The smallest absolute Gasteiger partial charge is 0.331 e. The van der Waals surface area contributed by atoms with Crippen molar-refractivity contribution in [3.8, 4) is 0 Å². The van der Waals surface area contributed by atoms with Crippen LogP contribution in [0, 0.1) is 0 Å². The second-order valence-electron chi connectivity index (χ2n) is 6.07. The van der Waals surface area contributed by atoms with Crippen LogP contribution in [0.5, 0.6) is 0 Å². The molecule has 0 radical (unpaired) electrons. The standard InChI is InChI=1S/C15H26N4O2/c1-2-3-4-5-6-7-8-10-13-16-17-18-19(13)15(14(20)21)11-9-12-15/h2-12H2,1H3,(H,20,21). The molecule has 21 heavy (non-hydrogen) atoms. The summed E-state index contributed by atoms with van der Waals surface area (Å²) in [7, 11) is 0. The first-order valence-corrected chi connectivity index (χ1v) is 8.22. The second-order valence-corrected chi connectivity index (χ2v) is 6.07. The molecule has 2 rings (SSSR count). The second kappa shape index (κ2) is 7.52. The van der Waals surface area contributed by atoms with Gasteiger partial charge in [0.15, 0.2) is 11.4 Å². The van der Waals surface area contributed by atoms with E-state index in [0.717, 1.165) is 31.5 Å². The van der Waals surface area contributed by atoms with Gasteiger partial charge in [0.1, 0.15) is 0 Å². The van der Waals surface area contributed by atoms with E-state index in [9.17, 15) is 9.90 Å². The van der Waals surface area contributed by atoms with Crippen LogP contribution in [0.1, 0.15) is 77.0 Å². The van der Waals surface area contributed by atoms with Crippen molar-refractivity contribution in [1.82, 2.24) is 20.2 Å². The van der Waals surface area contributed by atoms with Crippen molar-refractivity contribution < 1.29 is 9.90 Å². The molecular formula is C15H26N4O2. The van der Waals surface area contributed by atoms with E-state index in [1.165, 1.54) is 32.1 Å². The summed E-state index contributed by atoms with van der Waals surface area (Å²) in [5.41, 5.74) is -0.875. The van der Waals surface area contributed by atoms with Gasteiger partial charge in [0.2, 0.25) is 0 Å². The van der Waals surface area contributed by atoms with E-state index in [0.29, 0.717) is 12.8 Å². The predicted octanol–water partition coefficient (Wildman–Crippen LogP) is 2.93. The minimum absolute atomic E-state index is 0.636. The van der Waals surface area contributed by atoms with Crippen molar-refractivity contribution >= 4 is 5.97 Å². The van der Waals surface area contributed by atoms with Crippen molar-refractivity contribution in [2.75, 3.05) is 0 Å². The molecule has 0 spiro atoms. The molecule has 1 aromatic heterocycles. The molecule has 1 aliphatic rings. The minimum atomic E-state index is -0.875. The van der Waals surface area contributed by atoms with Crippen LogP contribution in [0.25, 0.3) is 0 Å². The van der Waals surface area contributed by atoms with E-state index in [1.54, 1.807) is 4.68 Å². The quantitative estimate of drug-likeness (QED) is 0.671. The summed E-state index contributed by atoms with van der Waals surface area (Å²) in [5.74, 6) is -0.0764. The maximum atomic E-state index is 11.5. The van der Waals surface area contributed by atoms with Gasteiger partial charge < -0.3 is 5.11 Å². The molecule has 1 fully saturated rings. The monoisotopic (exact) mass is 294 g/mol. The Balaban J connectivity index is 1.80. The molecule has 1 aliphatic carbocycles. The van der Waals surface area contributed by atoms with Gasteiger partial charge in [-0.05, 0) is 36.1 Å². The molecule has 1 saturated carbocycles. The Kier molecular flexibility index (Phi) is 5.70. The number of carbonyl (C=O) groups is 1. The fraction of sp³-hybridized carbons (Fsp3) is 0.867. The fourth-order valence-corrected chi connectivity index (χ4v) is 2.96. The molecule has 0 aromatic carbocycles. The summed E-state index contributed by atoms with van der Waals surface area (Å²) in [6.45, 7) is 2.22. The third-order valence-electron chi connectivity index (χ3n) is 4.52. The lowest BCUT2D eigenvalue weighted by Gasteiger charge is -2.37. The molecule has 0 amide bonds. The van der Waals surface area contributed by atoms with Crippen molar-refractivity contribution in [2.24, 2.45) is 0 Å². The van der Waals surface area contributed by atoms with Gasteiger partial charge in [-0.2, -0.15) is 0 Å². The number of nitrogens with zero attached hydrogens (tertiary/aromatic N) is 4. The molecule has 0 aliphatic heterocycles. The lowest BCUT2D eigenvalue weighted by Crippen LogP contribution is -2.49. The number of hydrogen-bond donors (Lipinski definition) is 1. The van der Waals surface area contributed by atoms with Crippen LogP contribution >= 0.6 is 0 Å². The lowest BCUT2D eigenvalue weighted by molar-refractivity contribution is -0.153. The van der Waals surface area contributed by atoms with Gasteiger partial charge in [0.25, 0.3) is 0 Å². The number of carboxylic acids is 1. The van der Waals surface area contributed by atoms with Gasteiger partial charge in [-0.3, -0.25) is 0 Å². The Morgan fingerprint density at radius 2 is 1.86 bits per heavy atom. The Labute approximate surface area is 125 Å². The summed E-state index contributed by atoms with van der Waals surface area (Å²) >= 11 is 0. The van der Waals surface area contributed by atoms with E-state index in [-0.39, 0.29) is 0 Å². The molecule has 1 aromatic rings. The van der Waals surface area contributed by atoms with Crippen LogP contribution in [-0.4, -0.2) is 31.3 Å². The van der Waals surface area contributed by atoms with E-state index in [1.807, 2.05) is 0 Å². The van der Waals surface area contributed by atoms with E-state index in [4.69, 9.17) is 0 Å². The third-order valence-corrected chi connectivity index (χ3v) is 4.52. The highest BCUT2D eigenvalue weighted by molar-refractivity contribution is 5.77. The average Bonchev–Trinajstić information content (AvgIpc) is 2.85. The molecule has 0 bridgehead atoms. The molecule has 118 valence electrons. The summed E-state index contributed by atoms with van der Waals surface area (Å²) in [5, 5.41) is 21.1. The van der Waals surface area contributed by atoms with Crippen LogP contribution in [0.15, 0.2) is 0 Å². The molecule has 1 heterocycles. The van der Waals surface area contributed by atoms with Gasteiger partial charge in [-0.25, -0.2) is 9.48 Å². The van der Waals surface area contributed by atoms with Crippen molar-refractivity contribution in [3.63, 3.8) is 0 Å². The van der Waals surface area contributed by atoms with Crippen molar-refractivity contribution in [3.05, 3.63) is 5.82 Å². The predicted molar refractivity (Wildman–Crippen MR) is 79.0 cm³/mol. The van der Waals surface area contributed by atoms with Gasteiger partial charge in [-0.15, -0.1) is 5.10 Å². The molecule has 0 saturated heterocycles. The number of carboxylic acid groups (broad SMARTS) is 1. The molecule has 6 heteroatoms. The first-order valence-electron chi connectivity index (χ1n) is 8.22. The number of aryl methyl sites for hydroxylation is 1. The Hall–Kier alpha value is -1.46. The van der Waals surface area contributed by atoms with Crippen molar-refractivity contribution in [1.29, 1.82) is 0 Å². The van der Waals surface area contributed by atoms with Crippen LogP contribution < -0.4 is 0 Å². The Bertz CT molecular complexity index is 454. The van der Waals surface area contributed by atoms with Crippen LogP contribution in [0.4, 0.5) is 0 Å². The molecular weight excluding hydrogens is 268 g/mol. The van der Waals surface area contributed by atoms with Gasteiger partial charge >= 0.3 is 5.97 Å². The highest BCUT2D eigenvalue weighted by Gasteiger charge is 2.48. The summed E-state index contributed by atoms with van der Waals surface area (Å²) in [4.78, 5) is 11.5. The highest BCUT2D eigenvalue weighted by atomic mass is 16.4. The summed E-state index contributed by atoms with van der Waals surface area (Å²) < 4.78 is 1.57. The topological polar surface area (TPSA) is 80.9 Å². The first kappa shape index (κ1) is 15.9. The normalized spacial score (nSPS) is 16.6. The van der Waals surface area contributed by atoms with Crippen molar-refractivity contribution in [2.45, 2.75) is 83.1 Å². The number of tetrazole rings is 1. The maximum absolute atomic E-state index is 11.5. The largest absolute Gasteiger partial charge is 0.479 e.